The third-order valence-corrected chi connectivity index (χ3v) is 8.09. The molecule has 3 aromatic rings. The van der Waals surface area contributed by atoms with Crippen molar-refractivity contribution < 1.29 is 9.53 Å². The molecule has 1 amide bonds. The Kier molecular flexibility index (Phi) is 6.00. The third-order valence-electron chi connectivity index (χ3n) is 8.09. The van der Waals surface area contributed by atoms with Crippen LogP contribution in [-0.4, -0.2) is 24.7 Å². The number of hydrazine groups is 1. The van der Waals surface area contributed by atoms with Gasteiger partial charge in [-0.05, 0) is 60.0 Å². The van der Waals surface area contributed by atoms with Gasteiger partial charge in [-0.1, -0.05) is 68.5 Å². The van der Waals surface area contributed by atoms with Crippen molar-refractivity contribution in [3.05, 3.63) is 114 Å². The number of anilines is 2. The Balaban J connectivity index is 1.41. The number of para-hydroxylation sites is 2. The van der Waals surface area contributed by atoms with Crippen LogP contribution >= 0.6 is 0 Å². The highest BCUT2D eigenvalue weighted by Gasteiger charge is 2.57. The Labute approximate surface area is 224 Å². The first kappa shape index (κ1) is 24.3. The summed E-state index contributed by atoms with van der Waals surface area (Å²) in [6.45, 7) is 7.77. The second-order valence-electron chi connectivity index (χ2n) is 10.6. The zero-order valence-corrected chi connectivity index (χ0v) is 22.1. The maximum atomic E-state index is 12.8. The van der Waals surface area contributed by atoms with Crippen molar-refractivity contribution >= 4 is 17.3 Å². The highest BCUT2D eigenvalue weighted by molar-refractivity contribution is 5.84. The minimum atomic E-state index is -0.656. The normalized spacial score (nSPS) is 23.7. The van der Waals surface area contributed by atoms with E-state index in [1.165, 1.54) is 11.3 Å². The van der Waals surface area contributed by atoms with E-state index in [0.717, 1.165) is 22.6 Å². The van der Waals surface area contributed by atoms with Gasteiger partial charge in [0, 0.05) is 30.3 Å². The van der Waals surface area contributed by atoms with E-state index in [2.05, 4.69) is 101 Å². The molecule has 6 rings (SSSR count). The fraction of sp³-hybridized carbons (Fsp3) is 0.281. The standard InChI is InChI=1S/C32H34N4O2/c1-4-38-26-16-14-23(15-17-26)30-24(22-36(34-30)25-10-6-5-7-11-25)18-20-32-31(2,3)27-12-8-9-13-28(27)35(32)21-19-29(37)33-32/h5-18,20,22,30,34H,4,19,21H2,1-3H3,(H,33,37)/b20-18+/t30-,32+/m0/s1. The lowest BCUT2D eigenvalue weighted by atomic mass is 9.74. The summed E-state index contributed by atoms with van der Waals surface area (Å²) in [7, 11) is 0. The van der Waals surface area contributed by atoms with Gasteiger partial charge >= 0.3 is 0 Å². The third kappa shape index (κ3) is 3.87. The highest BCUT2D eigenvalue weighted by Crippen LogP contribution is 2.52. The van der Waals surface area contributed by atoms with Gasteiger partial charge in [0.05, 0.1) is 18.3 Å². The molecule has 2 atom stereocenters. The van der Waals surface area contributed by atoms with Gasteiger partial charge in [-0.15, -0.1) is 0 Å². The number of carbonyl (C=O) groups is 1. The van der Waals surface area contributed by atoms with Gasteiger partial charge in [-0.3, -0.25) is 9.80 Å². The van der Waals surface area contributed by atoms with Crippen LogP contribution in [0.2, 0.25) is 0 Å². The van der Waals surface area contributed by atoms with Gasteiger partial charge in [0.1, 0.15) is 11.4 Å². The van der Waals surface area contributed by atoms with Crippen molar-refractivity contribution in [2.45, 2.75) is 44.3 Å². The van der Waals surface area contributed by atoms with E-state index in [9.17, 15) is 4.79 Å². The van der Waals surface area contributed by atoms with Crippen LogP contribution in [0, 0.1) is 0 Å². The van der Waals surface area contributed by atoms with Crippen LogP contribution in [0.4, 0.5) is 11.4 Å². The van der Waals surface area contributed by atoms with E-state index < -0.39 is 5.66 Å². The Morgan fingerprint density at radius 2 is 1.74 bits per heavy atom. The Hall–Kier alpha value is -4.03. The van der Waals surface area contributed by atoms with Crippen LogP contribution in [0.25, 0.3) is 0 Å². The second kappa shape index (κ2) is 9.37. The molecule has 3 aromatic carbocycles. The highest BCUT2D eigenvalue weighted by atomic mass is 16.5. The summed E-state index contributed by atoms with van der Waals surface area (Å²) in [5.41, 5.74) is 8.43. The Morgan fingerprint density at radius 3 is 2.50 bits per heavy atom. The van der Waals surface area contributed by atoms with E-state index in [-0.39, 0.29) is 17.4 Å². The molecule has 6 heteroatoms. The fourth-order valence-electron chi connectivity index (χ4n) is 6.08. The fourth-order valence-corrected chi connectivity index (χ4v) is 6.08. The van der Waals surface area contributed by atoms with Crippen molar-refractivity contribution in [2.24, 2.45) is 0 Å². The monoisotopic (exact) mass is 506 g/mol. The second-order valence-corrected chi connectivity index (χ2v) is 10.6. The maximum absolute atomic E-state index is 12.8. The van der Waals surface area contributed by atoms with Gasteiger partial charge < -0.3 is 15.0 Å². The van der Waals surface area contributed by atoms with Crippen LogP contribution in [0.3, 0.4) is 0 Å². The van der Waals surface area contributed by atoms with E-state index in [4.69, 9.17) is 4.74 Å². The lowest BCUT2D eigenvalue weighted by Gasteiger charge is -2.49. The molecule has 0 unspecified atom stereocenters. The molecule has 1 saturated heterocycles. The number of rotatable bonds is 6. The molecular weight excluding hydrogens is 472 g/mol. The minimum absolute atomic E-state index is 0.0573. The number of fused-ring (bicyclic) bond motifs is 3. The lowest BCUT2D eigenvalue weighted by Crippen LogP contribution is -2.68. The molecule has 38 heavy (non-hydrogen) atoms. The minimum Gasteiger partial charge on any atom is -0.494 e. The zero-order valence-electron chi connectivity index (χ0n) is 22.1. The smallest absolute Gasteiger partial charge is 0.223 e. The van der Waals surface area contributed by atoms with Crippen molar-refractivity contribution in [1.82, 2.24) is 10.7 Å². The average molecular weight is 507 g/mol. The summed E-state index contributed by atoms with van der Waals surface area (Å²) in [5, 5.41) is 5.47. The van der Waals surface area contributed by atoms with Crippen LogP contribution in [0.5, 0.6) is 5.75 Å². The van der Waals surface area contributed by atoms with Crippen molar-refractivity contribution in [2.75, 3.05) is 23.1 Å². The topological polar surface area (TPSA) is 56.8 Å². The number of nitrogens with zero attached hydrogens (tertiary/aromatic N) is 2. The molecule has 2 N–H and O–H groups in total. The Bertz CT molecular complexity index is 1400. The SMILES string of the molecule is CCOc1ccc([C@@H]2NN(c3ccccc3)C=C2/C=C/[C@@]23NC(=O)CCN2c2ccccc2C3(C)C)cc1. The number of ether oxygens (including phenoxy) is 1. The molecule has 0 saturated carbocycles. The lowest BCUT2D eigenvalue weighted by molar-refractivity contribution is -0.124. The maximum Gasteiger partial charge on any atom is 0.223 e. The van der Waals surface area contributed by atoms with Crippen molar-refractivity contribution in [1.29, 1.82) is 0 Å². The predicted octanol–water partition coefficient (Wildman–Crippen LogP) is 5.61. The number of hydrogen-bond acceptors (Lipinski definition) is 5. The number of benzene rings is 3. The van der Waals surface area contributed by atoms with Crippen LogP contribution < -0.4 is 25.4 Å². The van der Waals surface area contributed by atoms with E-state index in [0.29, 0.717) is 19.6 Å². The molecule has 3 heterocycles. The zero-order chi connectivity index (χ0) is 26.3. The number of carbonyl (C=O) groups excluding carboxylic acids is 1. The predicted molar refractivity (Wildman–Crippen MR) is 152 cm³/mol. The molecular formula is C32H34N4O2. The summed E-state index contributed by atoms with van der Waals surface area (Å²) < 4.78 is 5.67. The molecule has 3 aliphatic rings. The van der Waals surface area contributed by atoms with E-state index in [1.54, 1.807) is 0 Å². The average Bonchev–Trinajstić information content (AvgIpc) is 3.44. The quantitative estimate of drug-likeness (QED) is 0.456. The largest absolute Gasteiger partial charge is 0.494 e. The summed E-state index contributed by atoms with van der Waals surface area (Å²) in [6, 6.07) is 27.0. The molecule has 6 nitrogen and oxygen atoms in total. The number of amides is 1. The van der Waals surface area contributed by atoms with Crippen molar-refractivity contribution in [3.63, 3.8) is 0 Å². The van der Waals surface area contributed by atoms with Gasteiger partial charge in [-0.2, -0.15) is 0 Å². The molecule has 194 valence electrons. The van der Waals surface area contributed by atoms with Gasteiger partial charge in [0.2, 0.25) is 5.91 Å². The van der Waals surface area contributed by atoms with Gasteiger partial charge in [0.25, 0.3) is 0 Å². The summed E-state index contributed by atoms with van der Waals surface area (Å²) >= 11 is 0. The first-order valence-electron chi connectivity index (χ1n) is 13.4. The van der Waals surface area contributed by atoms with Crippen LogP contribution in [0.1, 0.15) is 44.4 Å². The van der Waals surface area contributed by atoms with E-state index >= 15 is 0 Å². The molecule has 0 bridgehead atoms. The van der Waals surface area contributed by atoms with Gasteiger partial charge in [0.15, 0.2) is 0 Å². The number of hydrogen-bond donors (Lipinski definition) is 2. The van der Waals surface area contributed by atoms with Crippen LogP contribution in [-0.2, 0) is 10.2 Å². The molecule has 3 aliphatic heterocycles. The molecule has 0 aromatic heterocycles. The molecule has 0 radical (unpaired) electrons. The first-order valence-corrected chi connectivity index (χ1v) is 13.4. The van der Waals surface area contributed by atoms with Crippen LogP contribution in [0.15, 0.2) is 103 Å². The van der Waals surface area contributed by atoms with Crippen molar-refractivity contribution in [3.8, 4) is 5.75 Å². The first-order chi connectivity index (χ1) is 18.4. The summed E-state index contributed by atoms with van der Waals surface area (Å²) in [4.78, 5) is 15.2. The van der Waals surface area contributed by atoms with Gasteiger partial charge in [-0.25, -0.2) is 5.43 Å². The molecule has 1 fully saturated rings. The van der Waals surface area contributed by atoms with E-state index in [1.807, 2.05) is 37.3 Å². The Morgan fingerprint density at radius 1 is 1.00 bits per heavy atom. The molecule has 0 aliphatic carbocycles. The summed E-state index contributed by atoms with van der Waals surface area (Å²) in [6.07, 6.45) is 7.02. The summed E-state index contributed by atoms with van der Waals surface area (Å²) in [5.74, 6) is 0.944. The number of nitrogens with one attached hydrogen (secondary N) is 2. The molecule has 0 spiro atoms.